The first-order valence-corrected chi connectivity index (χ1v) is 12.1. The number of carbonyl (C=O) groups is 1. The molecular formula is C27H22ClN3O3S. The topological polar surface area (TPSA) is 83.7 Å². The van der Waals surface area contributed by atoms with E-state index in [2.05, 4.69) is 16.4 Å². The normalized spacial score (nSPS) is 15.2. The number of carbonyl (C=O) groups excluding carboxylic acids is 1. The fraction of sp³-hybridized carbons (Fsp3) is 0.148. The first kappa shape index (κ1) is 24.4. The van der Waals surface area contributed by atoms with Crippen LogP contribution in [0.1, 0.15) is 29.2 Å². The molecule has 0 bridgehead atoms. The molecule has 8 heteroatoms. The van der Waals surface area contributed by atoms with E-state index in [1.54, 1.807) is 24.3 Å². The molecule has 1 aliphatic rings. The van der Waals surface area contributed by atoms with Crippen molar-refractivity contribution in [3.05, 3.63) is 92.8 Å². The van der Waals surface area contributed by atoms with Gasteiger partial charge in [0.15, 0.2) is 16.7 Å². The number of rotatable bonds is 7. The molecule has 3 aromatic rings. The number of nitriles is 1. The average molecular weight is 504 g/mol. The minimum atomic E-state index is -0.222. The lowest BCUT2D eigenvalue weighted by atomic mass is 10.1. The Labute approximate surface area is 213 Å². The molecule has 1 amide bonds. The monoisotopic (exact) mass is 503 g/mol. The van der Waals surface area contributed by atoms with Crippen LogP contribution in [0.4, 0.5) is 5.69 Å². The number of halogens is 1. The summed E-state index contributed by atoms with van der Waals surface area (Å²) in [5.41, 5.74) is 3.71. The van der Waals surface area contributed by atoms with Gasteiger partial charge in [-0.3, -0.25) is 4.79 Å². The molecule has 3 aromatic carbocycles. The lowest BCUT2D eigenvalue weighted by Gasteiger charge is -2.13. The van der Waals surface area contributed by atoms with Crippen molar-refractivity contribution in [2.75, 3.05) is 6.61 Å². The molecule has 1 fully saturated rings. The van der Waals surface area contributed by atoms with E-state index < -0.39 is 0 Å². The molecule has 0 aliphatic carbocycles. The Morgan fingerprint density at radius 3 is 2.74 bits per heavy atom. The number of hydrogen-bond donors (Lipinski definition) is 1. The molecule has 6 nitrogen and oxygen atoms in total. The van der Waals surface area contributed by atoms with Crippen LogP contribution in [0, 0.1) is 18.3 Å². The van der Waals surface area contributed by atoms with Crippen molar-refractivity contribution in [2.24, 2.45) is 4.99 Å². The molecule has 1 saturated heterocycles. The Hall–Kier alpha value is -3.73. The summed E-state index contributed by atoms with van der Waals surface area (Å²) in [6.45, 7) is 4.47. The number of benzene rings is 3. The number of nitrogens with zero attached hydrogens (tertiary/aromatic N) is 2. The highest BCUT2D eigenvalue weighted by Crippen LogP contribution is 2.34. The van der Waals surface area contributed by atoms with Gasteiger partial charge in [-0.25, -0.2) is 4.99 Å². The third-order valence-corrected chi connectivity index (χ3v) is 6.52. The van der Waals surface area contributed by atoms with Crippen LogP contribution in [0.2, 0.25) is 5.02 Å². The number of aliphatic imine (C=N–C) groups is 1. The second-order valence-electron chi connectivity index (χ2n) is 7.56. The van der Waals surface area contributed by atoms with Crippen LogP contribution in [0.25, 0.3) is 6.08 Å². The summed E-state index contributed by atoms with van der Waals surface area (Å²) < 4.78 is 11.7. The molecule has 0 aromatic heterocycles. The molecule has 0 radical (unpaired) electrons. The number of thioether (sulfide) groups is 1. The largest absolute Gasteiger partial charge is 0.490 e. The smallest absolute Gasteiger partial charge is 0.264 e. The molecule has 35 heavy (non-hydrogen) atoms. The summed E-state index contributed by atoms with van der Waals surface area (Å²) in [4.78, 5) is 17.6. The van der Waals surface area contributed by atoms with Gasteiger partial charge in [-0.1, -0.05) is 41.9 Å². The standard InChI is InChI=1S/C27H22ClN3O3S/c1-3-33-24-13-18(11-12-23(24)34-16-20-8-5-4-7-19(20)15-29)14-25-26(32)31-27(35-25)30-22-10-6-9-21(28)17(22)2/h4-14H,3,16H2,1-2H3,(H,30,31,32)/b25-14-. The van der Waals surface area contributed by atoms with Crippen molar-refractivity contribution in [3.8, 4) is 17.6 Å². The second-order valence-corrected chi connectivity index (χ2v) is 9.00. The molecule has 0 atom stereocenters. The molecule has 1 heterocycles. The van der Waals surface area contributed by atoms with E-state index in [4.69, 9.17) is 21.1 Å². The quantitative estimate of drug-likeness (QED) is 0.378. The van der Waals surface area contributed by atoms with Gasteiger partial charge in [0, 0.05) is 10.6 Å². The van der Waals surface area contributed by atoms with E-state index in [1.165, 1.54) is 11.8 Å². The van der Waals surface area contributed by atoms with Gasteiger partial charge < -0.3 is 14.8 Å². The Kier molecular flexibility index (Phi) is 7.76. The van der Waals surface area contributed by atoms with Crippen LogP contribution in [0.3, 0.4) is 0 Å². The van der Waals surface area contributed by atoms with Crippen molar-refractivity contribution in [1.82, 2.24) is 5.32 Å². The van der Waals surface area contributed by atoms with Gasteiger partial charge in [0.2, 0.25) is 0 Å². The van der Waals surface area contributed by atoms with Crippen LogP contribution < -0.4 is 14.8 Å². The Balaban J connectivity index is 1.54. The predicted molar refractivity (Wildman–Crippen MR) is 140 cm³/mol. The molecular weight excluding hydrogens is 482 g/mol. The zero-order chi connectivity index (χ0) is 24.8. The van der Waals surface area contributed by atoms with Crippen LogP contribution in [-0.4, -0.2) is 17.7 Å². The second kappa shape index (κ2) is 11.1. The number of amides is 1. The highest BCUT2D eigenvalue weighted by molar-refractivity contribution is 8.18. The molecule has 176 valence electrons. The SMILES string of the molecule is CCOc1cc(/C=C2\SC(=Nc3cccc(Cl)c3C)NC2=O)ccc1OCc1ccccc1C#N. The van der Waals surface area contributed by atoms with Crippen molar-refractivity contribution in [3.63, 3.8) is 0 Å². The summed E-state index contributed by atoms with van der Waals surface area (Å²) >= 11 is 7.44. The minimum absolute atomic E-state index is 0.222. The Morgan fingerprint density at radius 1 is 1.11 bits per heavy atom. The average Bonchev–Trinajstić information content (AvgIpc) is 3.20. The summed E-state index contributed by atoms with van der Waals surface area (Å²) in [6, 6.07) is 20.4. The zero-order valence-electron chi connectivity index (χ0n) is 19.2. The molecule has 0 saturated carbocycles. The first-order valence-electron chi connectivity index (χ1n) is 10.9. The van der Waals surface area contributed by atoms with Crippen molar-refractivity contribution in [1.29, 1.82) is 5.26 Å². The minimum Gasteiger partial charge on any atom is -0.490 e. The Bertz CT molecular complexity index is 1380. The van der Waals surface area contributed by atoms with Gasteiger partial charge in [0.25, 0.3) is 5.91 Å². The van der Waals surface area contributed by atoms with Gasteiger partial charge >= 0.3 is 0 Å². The van der Waals surface area contributed by atoms with Gasteiger partial charge in [0.05, 0.1) is 28.8 Å². The van der Waals surface area contributed by atoms with E-state index in [0.29, 0.717) is 44.5 Å². The molecule has 1 N–H and O–H groups in total. The summed E-state index contributed by atoms with van der Waals surface area (Å²) in [5, 5.41) is 13.2. The van der Waals surface area contributed by atoms with E-state index in [1.807, 2.05) is 56.3 Å². The van der Waals surface area contributed by atoms with Gasteiger partial charge in [0.1, 0.15) is 6.61 Å². The van der Waals surface area contributed by atoms with Crippen molar-refractivity contribution >= 4 is 46.2 Å². The predicted octanol–water partition coefficient (Wildman–Crippen LogP) is 6.39. The summed E-state index contributed by atoms with van der Waals surface area (Å²) in [5.74, 6) is 0.895. The number of amidine groups is 1. The lowest BCUT2D eigenvalue weighted by molar-refractivity contribution is -0.115. The molecule has 0 spiro atoms. The highest BCUT2D eigenvalue weighted by Gasteiger charge is 2.24. The zero-order valence-corrected chi connectivity index (χ0v) is 20.7. The third kappa shape index (κ3) is 5.86. The molecule has 1 aliphatic heterocycles. The Morgan fingerprint density at radius 2 is 1.94 bits per heavy atom. The lowest BCUT2D eigenvalue weighted by Crippen LogP contribution is -2.19. The van der Waals surface area contributed by atoms with Gasteiger partial charge in [-0.2, -0.15) is 5.26 Å². The van der Waals surface area contributed by atoms with E-state index in [0.717, 1.165) is 16.7 Å². The maximum Gasteiger partial charge on any atom is 0.264 e. The van der Waals surface area contributed by atoms with Gasteiger partial charge in [-0.05, 0) is 73.1 Å². The number of nitrogens with one attached hydrogen (secondary N) is 1. The maximum atomic E-state index is 12.5. The van der Waals surface area contributed by atoms with Crippen LogP contribution in [0.15, 0.2) is 70.6 Å². The molecule has 4 rings (SSSR count). The van der Waals surface area contributed by atoms with E-state index >= 15 is 0 Å². The molecule has 0 unspecified atom stereocenters. The van der Waals surface area contributed by atoms with E-state index in [9.17, 15) is 10.1 Å². The van der Waals surface area contributed by atoms with Gasteiger partial charge in [-0.15, -0.1) is 0 Å². The van der Waals surface area contributed by atoms with Crippen molar-refractivity contribution in [2.45, 2.75) is 20.5 Å². The maximum absolute atomic E-state index is 12.5. The number of hydrogen-bond acceptors (Lipinski definition) is 6. The summed E-state index contributed by atoms with van der Waals surface area (Å²) in [6.07, 6.45) is 1.78. The van der Waals surface area contributed by atoms with Crippen LogP contribution in [-0.2, 0) is 11.4 Å². The van der Waals surface area contributed by atoms with Crippen LogP contribution >= 0.6 is 23.4 Å². The first-order chi connectivity index (χ1) is 17.0. The fourth-order valence-corrected chi connectivity index (χ4v) is 4.38. The highest BCUT2D eigenvalue weighted by atomic mass is 35.5. The van der Waals surface area contributed by atoms with Crippen molar-refractivity contribution < 1.29 is 14.3 Å². The summed E-state index contributed by atoms with van der Waals surface area (Å²) in [7, 11) is 0. The van der Waals surface area contributed by atoms with Crippen LogP contribution in [0.5, 0.6) is 11.5 Å². The fourth-order valence-electron chi connectivity index (χ4n) is 3.37. The number of ether oxygens (including phenoxy) is 2. The third-order valence-electron chi connectivity index (χ3n) is 5.20. The van der Waals surface area contributed by atoms with E-state index in [-0.39, 0.29) is 12.5 Å².